The Bertz CT molecular complexity index is 548. The van der Waals surface area contributed by atoms with Crippen molar-refractivity contribution >= 4 is 23.2 Å². The number of piperidine rings is 1. The van der Waals surface area contributed by atoms with Gasteiger partial charge in [-0.15, -0.1) is 0 Å². The Balaban J connectivity index is 1.89. The van der Waals surface area contributed by atoms with E-state index >= 15 is 0 Å². The highest BCUT2D eigenvalue weighted by Gasteiger charge is 2.19. The van der Waals surface area contributed by atoms with E-state index in [4.69, 9.17) is 0 Å². The standard InChI is InChI=1S/C19H29N3O2/c1-4-5-12-21(3)19(24)18(23)20-16-6-8-17(9-7-16)22-13-10-15(2)11-14-22/h6-9,15H,4-5,10-14H2,1-3H3,(H,20,23). The molecule has 0 radical (unpaired) electrons. The lowest BCUT2D eigenvalue weighted by Gasteiger charge is -2.32. The molecule has 0 bridgehead atoms. The van der Waals surface area contributed by atoms with Crippen molar-refractivity contribution in [3.8, 4) is 0 Å². The molecule has 132 valence electrons. The summed E-state index contributed by atoms with van der Waals surface area (Å²) >= 11 is 0. The highest BCUT2D eigenvalue weighted by molar-refractivity contribution is 6.39. The third kappa shape index (κ3) is 4.98. The average Bonchev–Trinajstić information content (AvgIpc) is 2.60. The van der Waals surface area contributed by atoms with Crippen LogP contribution in [0.3, 0.4) is 0 Å². The number of unbranched alkanes of at least 4 members (excludes halogenated alkanes) is 1. The molecule has 5 nitrogen and oxygen atoms in total. The van der Waals surface area contributed by atoms with Crippen molar-refractivity contribution < 1.29 is 9.59 Å². The van der Waals surface area contributed by atoms with Crippen LogP contribution in [0.2, 0.25) is 0 Å². The minimum atomic E-state index is -0.576. The number of rotatable bonds is 5. The van der Waals surface area contributed by atoms with Crippen LogP contribution in [0.5, 0.6) is 0 Å². The number of carbonyl (C=O) groups is 2. The second kappa shape index (κ2) is 8.71. The van der Waals surface area contributed by atoms with E-state index in [1.807, 2.05) is 24.3 Å². The molecule has 2 amide bonds. The molecule has 1 aliphatic rings. The van der Waals surface area contributed by atoms with Gasteiger partial charge in [0.1, 0.15) is 0 Å². The first kappa shape index (κ1) is 18.3. The van der Waals surface area contributed by atoms with Gasteiger partial charge in [0.2, 0.25) is 0 Å². The van der Waals surface area contributed by atoms with E-state index in [0.717, 1.165) is 31.8 Å². The largest absolute Gasteiger partial charge is 0.372 e. The number of likely N-dealkylation sites (N-methyl/N-ethyl adjacent to an activating group) is 1. The fourth-order valence-corrected chi connectivity index (χ4v) is 2.88. The molecule has 0 spiro atoms. The van der Waals surface area contributed by atoms with E-state index in [-0.39, 0.29) is 0 Å². The molecular weight excluding hydrogens is 302 g/mol. The zero-order valence-corrected chi connectivity index (χ0v) is 15.0. The van der Waals surface area contributed by atoms with Gasteiger partial charge in [0.05, 0.1) is 0 Å². The van der Waals surface area contributed by atoms with Gasteiger partial charge in [-0.25, -0.2) is 0 Å². The lowest BCUT2D eigenvalue weighted by atomic mass is 9.99. The molecule has 0 unspecified atom stereocenters. The maximum Gasteiger partial charge on any atom is 0.313 e. The number of nitrogens with one attached hydrogen (secondary N) is 1. The van der Waals surface area contributed by atoms with E-state index in [0.29, 0.717) is 12.2 Å². The van der Waals surface area contributed by atoms with Crippen LogP contribution in [0.1, 0.15) is 39.5 Å². The molecule has 1 fully saturated rings. The molecule has 0 atom stereocenters. The molecule has 5 heteroatoms. The fraction of sp³-hybridized carbons (Fsp3) is 0.579. The Labute approximate surface area is 145 Å². The molecule has 0 saturated carbocycles. The first-order valence-corrected chi connectivity index (χ1v) is 8.92. The fourth-order valence-electron chi connectivity index (χ4n) is 2.88. The Kier molecular flexibility index (Phi) is 6.64. The van der Waals surface area contributed by atoms with Crippen molar-refractivity contribution in [1.82, 2.24) is 4.90 Å². The van der Waals surface area contributed by atoms with Gasteiger partial charge < -0.3 is 15.1 Å². The third-order valence-electron chi connectivity index (χ3n) is 4.66. The normalized spacial score (nSPS) is 15.2. The SMILES string of the molecule is CCCCN(C)C(=O)C(=O)Nc1ccc(N2CCC(C)CC2)cc1. The molecule has 1 aromatic carbocycles. The molecule has 1 heterocycles. The number of amides is 2. The molecule has 1 aliphatic heterocycles. The van der Waals surface area contributed by atoms with Crippen LogP contribution in [0, 0.1) is 5.92 Å². The Morgan fingerprint density at radius 3 is 2.42 bits per heavy atom. The van der Waals surface area contributed by atoms with E-state index in [2.05, 4.69) is 24.1 Å². The second-order valence-corrected chi connectivity index (χ2v) is 6.75. The second-order valence-electron chi connectivity index (χ2n) is 6.75. The highest BCUT2D eigenvalue weighted by Crippen LogP contribution is 2.24. The summed E-state index contributed by atoms with van der Waals surface area (Å²) < 4.78 is 0. The summed E-state index contributed by atoms with van der Waals surface area (Å²) in [5, 5.41) is 2.69. The van der Waals surface area contributed by atoms with Crippen LogP contribution >= 0.6 is 0 Å². The third-order valence-corrected chi connectivity index (χ3v) is 4.66. The molecule has 2 rings (SSSR count). The van der Waals surface area contributed by atoms with Gasteiger partial charge in [0.15, 0.2) is 0 Å². The van der Waals surface area contributed by atoms with Crippen molar-refractivity contribution in [3.05, 3.63) is 24.3 Å². The molecule has 0 aromatic heterocycles. The topological polar surface area (TPSA) is 52.7 Å². The minimum Gasteiger partial charge on any atom is -0.372 e. The van der Waals surface area contributed by atoms with Crippen molar-refractivity contribution in [1.29, 1.82) is 0 Å². The van der Waals surface area contributed by atoms with Crippen molar-refractivity contribution in [2.45, 2.75) is 39.5 Å². The van der Waals surface area contributed by atoms with Crippen LogP contribution in [-0.4, -0.2) is 43.4 Å². The van der Waals surface area contributed by atoms with E-state index in [1.54, 1.807) is 7.05 Å². The smallest absolute Gasteiger partial charge is 0.313 e. The number of anilines is 2. The number of hydrogen-bond acceptors (Lipinski definition) is 3. The highest BCUT2D eigenvalue weighted by atomic mass is 16.2. The van der Waals surface area contributed by atoms with Crippen molar-refractivity contribution in [2.24, 2.45) is 5.92 Å². The Morgan fingerprint density at radius 1 is 1.21 bits per heavy atom. The molecule has 24 heavy (non-hydrogen) atoms. The van der Waals surface area contributed by atoms with Crippen molar-refractivity contribution in [3.63, 3.8) is 0 Å². The van der Waals surface area contributed by atoms with Crippen LogP contribution in [0.15, 0.2) is 24.3 Å². The maximum atomic E-state index is 12.0. The number of carbonyl (C=O) groups excluding carboxylic acids is 2. The molecule has 0 aliphatic carbocycles. The zero-order chi connectivity index (χ0) is 17.5. The van der Waals surface area contributed by atoms with Crippen LogP contribution in [0.4, 0.5) is 11.4 Å². The number of nitrogens with zero attached hydrogens (tertiary/aromatic N) is 2. The van der Waals surface area contributed by atoms with Gasteiger partial charge in [-0.05, 0) is 49.4 Å². The van der Waals surface area contributed by atoms with Crippen LogP contribution in [0.25, 0.3) is 0 Å². The van der Waals surface area contributed by atoms with Gasteiger partial charge in [-0.3, -0.25) is 9.59 Å². The number of benzene rings is 1. The molecule has 1 N–H and O–H groups in total. The lowest BCUT2D eigenvalue weighted by molar-refractivity contribution is -0.142. The van der Waals surface area contributed by atoms with E-state index < -0.39 is 11.8 Å². The monoisotopic (exact) mass is 331 g/mol. The summed E-state index contributed by atoms with van der Waals surface area (Å²) in [5.74, 6) is -0.263. The molecule has 1 saturated heterocycles. The Morgan fingerprint density at radius 2 is 1.83 bits per heavy atom. The Hall–Kier alpha value is -2.04. The van der Waals surface area contributed by atoms with Gasteiger partial charge in [0.25, 0.3) is 0 Å². The summed E-state index contributed by atoms with van der Waals surface area (Å²) in [4.78, 5) is 27.9. The lowest BCUT2D eigenvalue weighted by Crippen LogP contribution is -2.37. The zero-order valence-electron chi connectivity index (χ0n) is 15.0. The predicted octanol–water partition coefficient (Wildman–Crippen LogP) is 3.12. The molecular formula is C19H29N3O2. The van der Waals surface area contributed by atoms with E-state index in [9.17, 15) is 9.59 Å². The predicted molar refractivity (Wildman–Crippen MR) is 98.2 cm³/mol. The first-order valence-electron chi connectivity index (χ1n) is 8.92. The maximum absolute atomic E-state index is 12.0. The summed E-state index contributed by atoms with van der Waals surface area (Å²) in [5.41, 5.74) is 1.83. The van der Waals surface area contributed by atoms with Gasteiger partial charge >= 0.3 is 11.8 Å². The summed E-state index contributed by atoms with van der Waals surface area (Å²) in [6.45, 7) is 7.11. The minimum absolute atomic E-state index is 0.488. The number of hydrogen-bond donors (Lipinski definition) is 1. The van der Waals surface area contributed by atoms with E-state index in [1.165, 1.54) is 23.4 Å². The first-order chi connectivity index (χ1) is 11.5. The average molecular weight is 331 g/mol. The van der Waals surface area contributed by atoms with Crippen LogP contribution < -0.4 is 10.2 Å². The van der Waals surface area contributed by atoms with Gasteiger partial charge in [-0.1, -0.05) is 20.3 Å². The summed E-state index contributed by atoms with van der Waals surface area (Å²) in [7, 11) is 1.66. The summed E-state index contributed by atoms with van der Waals surface area (Å²) in [6, 6.07) is 7.75. The summed E-state index contributed by atoms with van der Waals surface area (Å²) in [6.07, 6.45) is 4.34. The van der Waals surface area contributed by atoms with Crippen LogP contribution in [-0.2, 0) is 9.59 Å². The molecule has 1 aromatic rings. The van der Waals surface area contributed by atoms with Crippen molar-refractivity contribution in [2.75, 3.05) is 36.9 Å². The quantitative estimate of drug-likeness (QED) is 0.844. The van der Waals surface area contributed by atoms with Gasteiger partial charge in [0, 0.05) is 38.1 Å². The van der Waals surface area contributed by atoms with Gasteiger partial charge in [-0.2, -0.15) is 0 Å².